The molecule has 1 aliphatic heterocycles. The summed E-state index contributed by atoms with van der Waals surface area (Å²) in [6.45, 7) is 7.07. The van der Waals surface area contributed by atoms with Crippen LogP contribution in [0.2, 0.25) is 0 Å². The number of nitrogens with one attached hydrogen (secondary N) is 1. The molecule has 10 heteroatoms. The van der Waals surface area contributed by atoms with Crippen molar-refractivity contribution < 1.29 is 4.79 Å². The lowest BCUT2D eigenvalue weighted by atomic mass is 10.1. The van der Waals surface area contributed by atoms with E-state index in [-0.39, 0.29) is 11.2 Å². The Kier molecular flexibility index (Phi) is 7.85. The largest absolute Gasteiger partial charge is 0.324 e. The number of aromatic nitrogens is 4. The lowest BCUT2D eigenvalue weighted by Crippen LogP contribution is -2.37. The predicted octanol–water partition coefficient (Wildman–Crippen LogP) is 5.58. The molecular formula is C27H29N7OS2. The fourth-order valence-electron chi connectivity index (χ4n) is 4.17. The minimum atomic E-state index is -0.376. The molecule has 37 heavy (non-hydrogen) atoms. The molecule has 0 fully saturated rings. The second-order valence-electron chi connectivity index (χ2n) is 8.90. The normalized spacial score (nSPS) is 14.5. The first-order chi connectivity index (χ1) is 18.1. The number of rotatable bonds is 8. The Balaban J connectivity index is 1.32. The molecule has 0 unspecified atom stereocenters. The molecular weight excluding hydrogens is 502 g/mol. The summed E-state index contributed by atoms with van der Waals surface area (Å²) in [7, 11) is 0. The van der Waals surface area contributed by atoms with E-state index in [1.807, 2.05) is 31.2 Å². The zero-order valence-corrected chi connectivity index (χ0v) is 22.8. The van der Waals surface area contributed by atoms with Gasteiger partial charge in [-0.2, -0.15) is 5.10 Å². The summed E-state index contributed by atoms with van der Waals surface area (Å²) < 4.78 is 2.21. The Labute approximate surface area is 224 Å². The lowest BCUT2D eigenvalue weighted by molar-refractivity contribution is -0.119. The molecule has 5 rings (SSSR count). The van der Waals surface area contributed by atoms with Gasteiger partial charge in [-0.25, -0.2) is 4.98 Å². The van der Waals surface area contributed by atoms with Crippen LogP contribution in [0.1, 0.15) is 44.2 Å². The first kappa shape index (κ1) is 25.4. The summed E-state index contributed by atoms with van der Waals surface area (Å²) in [5, 5.41) is 22.1. The number of para-hydroxylation sites is 1. The summed E-state index contributed by atoms with van der Waals surface area (Å²) in [6, 6.07) is 16.4. The Morgan fingerprint density at radius 1 is 1.11 bits per heavy atom. The maximum absolute atomic E-state index is 13.1. The van der Waals surface area contributed by atoms with E-state index in [9.17, 15) is 4.79 Å². The molecule has 2 aromatic heterocycles. The number of thioether (sulfide) groups is 2. The molecule has 4 aromatic rings. The van der Waals surface area contributed by atoms with Crippen molar-refractivity contribution in [2.75, 3.05) is 5.75 Å². The van der Waals surface area contributed by atoms with Crippen molar-refractivity contribution in [2.45, 2.75) is 57.0 Å². The third-order valence-corrected chi connectivity index (χ3v) is 8.31. The molecule has 3 heterocycles. The SMILES string of the molecule is CCCCn1c2ccccc2c2nnc(S[C@H](CC)C(=O)NC3=NN=C(c4ccc(C)cc4)CS3)nc21. The van der Waals surface area contributed by atoms with E-state index in [1.54, 1.807) is 0 Å². The van der Waals surface area contributed by atoms with Crippen LogP contribution in [0.25, 0.3) is 22.1 Å². The molecule has 0 spiro atoms. The van der Waals surface area contributed by atoms with Crippen molar-refractivity contribution in [2.24, 2.45) is 10.2 Å². The van der Waals surface area contributed by atoms with Crippen LogP contribution < -0.4 is 5.32 Å². The van der Waals surface area contributed by atoms with Crippen molar-refractivity contribution in [3.63, 3.8) is 0 Å². The van der Waals surface area contributed by atoms with Gasteiger partial charge in [-0.15, -0.1) is 15.3 Å². The highest BCUT2D eigenvalue weighted by atomic mass is 32.2. The number of amides is 1. The number of hydrogen-bond acceptors (Lipinski definition) is 8. The zero-order chi connectivity index (χ0) is 25.8. The van der Waals surface area contributed by atoms with Crippen LogP contribution in [-0.2, 0) is 11.3 Å². The van der Waals surface area contributed by atoms with E-state index in [1.165, 1.54) is 29.1 Å². The van der Waals surface area contributed by atoms with E-state index >= 15 is 0 Å². The smallest absolute Gasteiger partial charge is 0.239 e. The summed E-state index contributed by atoms with van der Waals surface area (Å²) >= 11 is 2.81. The second kappa shape index (κ2) is 11.4. The summed E-state index contributed by atoms with van der Waals surface area (Å²) in [5.74, 6) is 0.515. The summed E-state index contributed by atoms with van der Waals surface area (Å²) in [6.07, 6.45) is 2.76. The number of benzene rings is 2. The van der Waals surface area contributed by atoms with Crippen molar-refractivity contribution in [3.05, 3.63) is 59.7 Å². The fraction of sp³-hybridized carbons (Fsp3) is 0.333. The zero-order valence-electron chi connectivity index (χ0n) is 21.1. The van der Waals surface area contributed by atoms with Crippen LogP contribution in [0.4, 0.5) is 0 Å². The molecule has 0 aliphatic carbocycles. The van der Waals surface area contributed by atoms with Crippen LogP contribution in [-0.4, -0.2) is 47.5 Å². The fourth-order valence-corrected chi connectivity index (χ4v) is 5.75. The average molecular weight is 532 g/mol. The van der Waals surface area contributed by atoms with Gasteiger partial charge in [-0.1, -0.05) is 91.8 Å². The van der Waals surface area contributed by atoms with Gasteiger partial charge < -0.3 is 9.88 Å². The average Bonchev–Trinajstić information content (AvgIpc) is 3.24. The maximum Gasteiger partial charge on any atom is 0.239 e. The monoisotopic (exact) mass is 531 g/mol. The van der Waals surface area contributed by atoms with Gasteiger partial charge in [-0.3, -0.25) is 4.79 Å². The van der Waals surface area contributed by atoms with Crippen LogP contribution in [0, 0.1) is 6.92 Å². The minimum absolute atomic E-state index is 0.136. The van der Waals surface area contributed by atoms with Gasteiger partial charge in [-0.05, 0) is 31.4 Å². The van der Waals surface area contributed by atoms with Gasteiger partial charge in [0.05, 0.1) is 16.5 Å². The Bertz CT molecular complexity index is 1490. The van der Waals surface area contributed by atoms with Crippen LogP contribution >= 0.6 is 23.5 Å². The van der Waals surface area contributed by atoms with Crippen molar-refractivity contribution in [1.82, 2.24) is 25.1 Å². The summed E-state index contributed by atoms with van der Waals surface area (Å²) in [4.78, 5) is 17.9. The number of unbranched alkanes of at least 4 members (excludes halogenated alkanes) is 1. The standard InChI is InChI=1S/C27H29N7OS2/c1-4-6-15-34-21-10-8-7-9-19(21)23-24(34)28-27(33-31-23)37-22(5-2)25(35)29-26-32-30-20(16-36-26)18-13-11-17(3)12-14-18/h7-14,22H,4-6,15-16H2,1-3H3,(H,29,32,35)/t22-/m1/s1. The minimum Gasteiger partial charge on any atom is -0.324 e. The first-order valence-corrected chi connectivity index (χ1v) is 14.4. The topological polar surface area (TPSA) is 97.4 Å². The van der Waals surface area contributed by atoms with Crippen LogP contribution in [0.15, 0.2) is 63.9 Å². The van der Waals surface area contributed by atoms with Crippen molar-refractivity contribution in [1.29, 1.82) is 0 Å². The van der Waals surface area contributed by atoms with E-state index in [4.69, 9.17) is 4.98 Å². The van der Waals surface area contributed by atoms with Crippen LogP contribution in [0.3, 0.4) is 0 Å². The van der Waals surface area contributed by atoms with Crippen molar-refractivity contribution >= 4 is 62.4 Å². The third-order valence-electron chi connectivity index (χ3n) is 6.22. The van der Waals surface area contributed by atoms with Gasteiger partial charge in [0.25, 0.3) is 0 Å². The number of aryl methyl sites for hydroxylation is 2. The van der Waals surface area contributed by atoms with E-state index in [0.717, 1.165) is 52.7 Å². The Morgan fingerprint density at radius 3 is 2.65 bits per heavy atom. The molecule has 2 aromatic carbocycles. The highest BCUT2D eigenvalue weighted by Gasteiger charge is 2.24. The predicted molar refractivity (Wildman–Crippen MR) is 153 cm³/mol. The molecule has 0 bridgehead atoms. The molecule has 0 saturated carbocycles. The molecule has 1 amide bonds. The maximum atomic E-state index is 13.1. The third kappa shape index (κ3) is 5.55. The van der Waals surface area contributed by atoms with Gasteiger partial charge in [0, 0.05) is 17.7 Å². The number of hydrogen-bond donors (Lipinski definition) is 1. The molecule has 0 saturated heterocycles. The van der Waals surface area contributed by atoms with Crippen molar-refractivity contribution in [3.8, 4) is 0 Å². The molecule has 190 valence electrons. The van der Waals surface area contributed by atoms with Gasteiger partial charge in [0.1, 0.15) is 5.52 Å². The molecule has 8 nitrogen and oxygen atoms in total. The molecule has 0 radical (unpaired) electrons. The quantitative estimate of drug-likeness (QED) is 0.298. The molecule has 1 atom stereocenters. The highest BCUT2D eigenvalue weighted by molar-refractivity contribution is 8.14. The Morgan fingerprint density at radius 2 is 1.92 bits per heavy atom. The Hall–Kier alpha value is -3.24. The van der Waals surface area contributed by atoms with Gasteiger partial charge in [0.2, 0.25) is 11.1 Å². The number of fused-ring (bicyclic) bond motifs is 3. The second-order valence-corrected chi connectivity index (χ2v) is 11.0. The number of carbonyl (C=O) groups is 1. The first-order valence-electron chi connectivity index (χ1n) is 12.5. The lowest BCUT2D eigenvalue weighted by Gasteiger charge is -2.16. The van der Waals surface area contributed by atoms with E-state index in [2.05, 4.69) is 68.4 Å². The van der Waals surface area contributed by atoms with E-state index < -0.39 is 0 Å². The van der Waals surface area contributed by atoms with Crippen LogP contribution in [0.5, 0.6) is 0 Å². The number of amidine groups is 1. The van der Waals surface area contributed by atoms with Gasteiger partial charge >= 0.3 is 0 Å². The molecule has 1 N–H and O–H groups in total. The number of carbonyl (C=O) groups excluding carboxylic acids is 1. The molecule has 1 aliphatic rings. The number of nitrogens with zero attached hydrogens (tertiary/aromatic N) is 6. The van der Waals surface area contributed by atoms with Gasteiger partial charge in [0.15, 0.2) is 10.8 Å². The summed E-state index contributed by atoms with van der Waals surface area (Å²) in [5.41, 5.74) is 5.86. The van der Waals surface area contributed by atoms with E-state index in [0.29, 0.717) is 22.5 Å². The highest BCUT2D eigenvalue weighted by Crippen LogP contribution is 2.29.